The Balaban J connectivity index is 2.33. The van der Waals surface area contributed by atoms with Crippen LogP contribution in [0.15, 0.2) is 36.7 Å². The van der Waals surface area contributed by atoms with Crippen LogP contribution in [0.5, 0.6) is 0 Å². The molecule has 1 aromatic heterocycles. The molecule has 0 saturated heterocycles. The molecule has 0 spiro atoms. The highest BCUT2D eigenvalue weighted by atomic mass is 15.3. The van der Waals surface area contributed by atoms with Gasteiger partial charge in [0, 0.05) is 12.1 Å². The average molecular weight is 215 g/mol. The summed E-state index contributed by atoms with van der Waals surface area (Å²) in [6, 6.07) is 10.2. The standard InChI is InChI=1S/C13H17N3/c1-13(2,3)9-12-15-14-10-16(12)11-7-5-4-6-8-11/h4-8,10H,9H2,1-3H3. The molecule has 2 aromatic rings. The predicted molar refractivity (Wildman–Crippen MR) is 64.5 cm³/mol. The fourth-order valence-corrected chi connectivity index (χ4v) is 1.66. The Morgan fingerprint density at radius 3 is 2.44 bits per heavy atom. The number of aromatic nitrogens is 3. The first-order chi connectivity index (χ1) is 7.56. The maximum absolute atomic E-state index is 4.19. The van der Waals surface area contributed by atoms with Crippen LogP contribution in [0.2, 0.25) is 0 Å². The van der Waals surface area contributed by atoms with Gasteiger partial charge in [-0.05, 0) is 17.5 Å². The normalized spacial score (nSPS) is 11.7. The molecular weight excluding hydrogens is 198 g/mol. The van der Waals surface area contributed by atoms with Crippen molar-refractivity contribution in [1.82, 2.24) is 14.8 Å². The fraction of sp³-hybridized carbons (Fsp3) is 0.385. The molecule has 0 unspecified atom stereocenters. The fourth-order valence-electron chi connectivity index (χ4n) is 1.66. The van der Waals surface area contributed by atoms with Crippen molar-refractivity contribution in [1.29, 1.82) is 0 Å². The first-order valence-electron chi connectivity index (χ1n) is 5.51. The van der Waals surface area contributed by atoms with Gasteiger partial charge in [-0.2, -0.15) is 0 Å². The highest BCUT2D eigenvalue weighted by molar-refractivity contribution is 5.32. The number of nitrogens with zero attached hydrogens (tertiary/aromatic N) is 3. The minimum absolute atomic E-state index is 0.222. The lowest BCUT2D eigenvalue weighted by atomic mass is 9.92. The molecule has 84 valence electrons. The second-order valence-corrected chi connectivity index (χ2v) is 5.19. The van der Waals surface area contributed by atoms with Crippen molar-refractivity contribution >= 4 is 0 Å². The van der Waals surface area contributed by atoms with Crippen molar-refractivity contribution in [2.24, 2.45) is 5.41 Å². The van der Waals surface area contributed by atoms with Crippen LogP contribution >= 0.6 is 0 Å². The van der Waals surface area contributed by atoms with Gasteiger partial charge in [-0.25, -0.2) is 0 Å². The maximum Gasteiger partial charge on any atom is 0.137 e. The lowest BCUT2D eigenvalue weighted by Gasteiger charge is -2.17. The van der Waals surface area contributed by atoms with Crippen molar-refractivity contribution < 1.29 is 0 Å². The number of benzene rings is 1. The van der Waals surface area contributed by atoms with E-state index in [4.69, 9.17) is 0 Å². The second-order valence-electron chi connectivity index (χ2n) is 5.19. The number of para-hydroxylation sites is 1. The maximum atomic E-state index is 4.19. The Hall–Kier alpha value is -1.64. The molecular formula is C13H17N3. The minimum atomic E-state index is 0.222. The third-order valence-corrected chi connectivity index (χ3v) is 2.34. The number of rotatable bonds is 2. The molecule has 0 radical (unpaired) electrons. The summed E-state index contributed by atoms with van der Waals surface area (Å²) in [5.41, 5.74) is 1.34. The Labute approximate surface area is 96.1 Å². The van der Waals surface area contributed by atoms with E-state index in [2.05, 4.69) is 43.1 Å². The van der Waals surface area contributed by atoms with E-state index in [1.807, 2.05) is 22.8 Å². The zero-order chi connectivity index (χ0) is 11.6. The molecule has 0 amide bonds. The Morgan fingerprint density at radius 2 is 1.81 bits per heavy atom. The van der Waals surface area contributed by atoms with Crippen LogP contribution in [-0.4, -0.2) is 14.8 Å². The smallest absolute Gasteiger partial charge is 0.137 e. The van der Waals surface area contributed by atoms with Crippen LogP contribution in [-0.2, 0) is 6.42 Å². The summed E-state index contributed by atoms with van der Waals surface area (Å²) in [6.45, 7) is 6.62. The summed E-state index contributed by atoms with van der Waals surface area (Å²) in [5, 5.41) is 8.19. The van der Waals surface area contributed by atoms with Crippen LogP contribution in [0, 0.1) is 5.41 Å². The summed E-state index contributed by atoms with van der Waals surface area (Å²) >= 11 is 0. The summed E-state index contributed by atoms with van der Waals surface area (Å²) in [4.78, 5) is 0. The average Bonchev–Trinajstić information content (AvgIpc) is 2.64. The van der Waals surface area contributed by atoms with Crippen molar-refractivity contribution in [2.45, 2.75) is 27.2 Å². The van der Waals surface area contributed by atoms with E-state index in [9.17, 15) is 0 Å². The van der Waals surface area contributed by atoms with Gasteiger partial charge in [-0.3, -0.25) is 4.57 Å². The summed E-state index contributed by atoms with van der Waals surface area (Å²) in [6.07, 6.45) is 2.69. The van der Waals surface area contributed by atoms with E-state index in [1.54, 1.807) is 6.33 Å². The van der Waals surface area contributed by atoms with Gasteiger partial charge in [0.15, 0.2) is 0 Å². The van der Waals surface area contributed by atoms with Crippen molar-refractivity contribution in [2.75, 3.05) is 0 Å². The van der Waals surface area contributed by atoms with Gasteiger partial charge in [-0.1, -0.05) is 39.0 Å². The van der Waals surface area contributed by atoms with E-state index in [0.717, 1.165) is 17.9 Å². The van der Waals surface area contributed by atoms with E-state index in [0.29, 0.717) is 0 Å². The highest BCUT2D eigenvalue weighted by Crippen LogP contribution is 2.20. The van der Waals surface area contributed by atoms with Crippen LogP contribution < -0.4 is 0 Å². The van der Waals surface area contributed by atoms with Gasteiger partial charge in [-0.15, -0.1) is 10.2 Å². The number of hydrogen-bond donors (Lipinski definition) is 0. The molecule has 0 saturated carbocycles. The van der Waals surface area contributed by atoms with E-state index >= 15 is 0 Å². The van der Waals surface area contributed by atoms with E-state index in [-0.39, 0.29) is 5.41 Å². The first kappa shape index (κ1) is 10.9. The molecule has 0 N–H and O–H groups in total. The quantitative estimate of drug-likeness (QED) is 0.771. The van der Waals surface area contributed by atoms with Gasteiger partial charge < -0.3 is 0 Å². The Morgan fingerprint density at radius 1 is 1.12 bits per heavy atom. The molecule has 0 aliphatic rings. The lowest BCUT2D eigenvalue weighted by molar-refractivity contribution is 0.398. The second kappa shape index (κ2) is 4.08. The monoisotopic (exact) mass is 215 g/mol. The molecule has 1 aromatic carbocycles. The highest BCUT2D eigenvalue weighted by Gasteiger charge is 2.16. The summed E-state index contributed by atoms with van der Waals surface area (Å²) in [5.74, 6) is 1.01. The van der Waals surface area contributed by atoms with Gasteiger partial charge in [0.2, 0.25) is 0 Å². The Kier molecular flexibility index (Phi) is 2.77. The summed E-state index contributed by atoms with van der Waals surface area (Å²) in [7, 11) is 0. The molecule has 0 bridgehead atoms. The van der Waals surface area contributed by atoms with Crippen LogP contribution in [0.3, 0.4) is 0 Å². The van der Waals surface area contributed by atoms with Gasteiger partial charge in [0.05, 0.1) is 0 Å². The van der Waals surface area contributed by atoms with Gasteiger partial charge in [0.1, 0.15) is 12.2 Å². The molecule has 16 heavy (non-hydrogen) atoms. The molecule has 0 aliphatic carbocycles. The summed E-state index contributed by atoms with van der Waals surface area (Å²) < 4.78 is 2.05. The zero-order valence-corrected chi connectivity index (χ0v) is 10.0. The van der Waals surface area contributed by atoms with Crippen LogP contribution in [0.25, 0.3) is 5.69 Å². The first-order valence-corrected chi connectivity index (χ1v) is 5.51. The molecule has 0 aliphatic heterocycles. The molecule has 0 fully saturated rings. The zero-order valence-electron chi connectivity index (χ0n) is 10.0. The predicted octanol–water partition coefficient (Wildman–Crippen LogP) is 2.86. The van der Waals surface area contributed by atoms with E-state index < -0.39 is 0 Å². The van der Waals surface area contributed by atoms with Gasteiger partial charge in [0.25, 0.3) is 0 Å². The molecule has 0 atom stereocenters. The van der Waals surface area contributed by atoms with Crippen LogP contribution in [0.4, 0.5) is 0 Å². The minimum Gasteiger partial charge on any atom is -0.286 e. The third kappa shape index (κ3) is 2.48. The molecule has 3 heteroatoms. The lowest BCUT2D eigenvalue weighted by Crippen LogP contribution is -2.13. The molecule has 1 heterocycles. The topological polar surface area (TPSA) is 30.7 Å². The molecule has 2 rings (SSSR count). The van der Waals surface area contributed by atoms with Crippen molar-refractivity contribution in [3.05, 3.63) is 42.5 Å². The SMILES string of the molecule is CC(C)(C)Cc1nncn1-c1ccccc1. The largest absolute Gasteiger partial charge is 0.286 e. The van der Waals surface area contributed by atoms with Crippen molar-refractivity contribution in [3.8, 4) is 5.69 Å². The van der Waals surface area contributed by atoms with Crippen molar-refractivity contribution in [3.63, 3.8) is 0 Å². The molecule has 3 nitrogen and oxygen atoms in total. The van der Waals surface area contributed by atoms with Gasteiger partial charge >= 0.3 is 0 Å². The van der Waals surface area contributed by atoms with E-state index in [1.165, 1.54) is 0 Å². The Bertz CT molecular complexity index is 452. The van der Waals surface area contributed by atoms with Crippen LogP contribution in [0.1, 0.15) is 26.6 Å². The third-order valence-electron chi connectivity index (χ3n) is 2.34. The number of hydrogen-bond acceptors (Lipinski definition) is 2.